The smallest absolute Gasteiger partial charge is 0.295 e. The van der Waals surface area contributed by atoms with Crippen LogP contribution in [-0.4, -0.2) is 41.5 Å². The molecule has 0 spiro atoms. The minimum absolute atomic E-state index is 0.0117. The zero-order chi connectivity index (χ0) is 24.4. The molecule has 0 aromatic heterocycles. The van der Waals surface area contributed by atoms with Gasteiger partial charge in [-0.05, 0) is 67.1 Å². The van der Waals surface area contributed by atoms with Gasteiger partial charge in [-0.25, -0.2) is 0 Å². The fraction of sp³-hybridized carbons (Fsp3) is 0.429. The van der Waals surface area contributed by atoms with Crippen molar-refractivity contribution in [2.75, 3.05) is 13.7 Å². The van der Waals surface area contributed by atoms with Crippen molar-refractivity contribution in [1.29, 1.82) is 0 Å². The Bertz CT molecular complexity index is 1100. The Labute approximate surface area is 201 Å². The van der Waals surface area contributed by atoms with Crippen LogP contribution in [0, 0.1) is 12.8 Å². The Morgan fingerprint density at radius 1 is 1.09 bits per heavy atom. The first-order valence-electron chi connectivity index (χ1n) is 12.0. The number of hydrogen-bond acceptors (Lipinski definition) is 5. The molecule has 180 valence electrons. The summed E-state index contributed by atoms with van der Waals surface area (Å²) in [4.78, 5) is 28.2. The Morgan fingerprint density at radius 3 is 2.35 bits per heavy atom. The molecule has 2 fully saturated rings. The number of carbonyl (C=O) groups excluding carboxylic acids is 2. The van der Waals surface area contributed by atoms with Crippen LogP contribution in [-0.2, 0) is 9.59 Å². The first-order valence-corrected chi connectivity index (χ1v) is 12.0. The molecular formula is C28H33NO5. The van der Waals surface area contributed by atoms with Gasteiger partial charge in [-0.2, -0.15) is 0 Å². The number of likely N-dealkylation sites (tertiary alicyclic amines) is 1. The van der Waals surface area contributed by atoms with Gasteiger partial charge in [0, 0.05) is 11.6 Å². The predicted molar refractivity (Wildman–Crippen MR) is 131 cm³/mol. The fourth-order valence-electron chi connectivity index (χ4n) is 4.89. The number of hydrogen-bond donors (Lipinski definition) is 1. The van der Waals surface area contributed by atoms with Gasteiger partial charge in [0.2, 0.25) is 0 Å². The average Bonchev–Trinajstić information content (AvgIpc) is 3.44. The number of aryl methyl sites for hydroxylation is 1. The van der Waals surface area contributed by atoms with Crippen molar-refractivity contribution in [3.63, 3.8) is 0 Å². The van der Waals surface area contributed by atoms with E-state index in [-0.39, 0.29) is 17.4 Å². The zero-order valence-corrected chi connectivity index (χ0v) is 20.3. The van der Waals surface area contributed by atoms with Crippen molar-refractivity contribution in [1.82, 2.24) is 4.90 Å². The highest BCUT2D eigenvalue weighted by atomic mass is 16.5. The average molecular weight is 464 g/mol. The van der Waals surface area contributed by atoms with Gasteiger partial charge in [0.25, 0.3) is 11.7 Å². The normalized spacial score (nSPS) is 20.4. The molecule has 1 aliphatic carbocycles. The minimum atomic E-state index is -0.636. The van der Waals surface area contributed by atoms with Crippen molar-refractivity contribution < 1.29 is 24.2 Å². The molecule has 6 heteroatoms. The van der Waals surface area contributed by atoms with E-state index >= 15 is 0 Å². The lowest BCUT2D eigenvalue weighted by atomic mass is 9.94. The number of carbonyl (C=O) groups is 2. The highest BCUT2D eigenvalue weighted by Gasteiger charge is 2.49. The number of ketones is 1. The molecular weight excluding hydrogens is 430 g/mol. The fourth-order valence-corrected chi connectivity index (χ4v) is 4.89. The van der Waals surface area contributed by atoms with Crippen molar-refractivity contribution in [2.24, 2.45) is 5.92 Å². The summed E-state index contributed by atoms with van der Waals surface area (Å²) in [6, 6.07) is 12.1. The summed E-state index contributed by atoms with van der Waals surface area (Å²) in [7, 11) is 1.59. The lowest BCUT2D eigenvalue weighted by Crippen LogP contribution is -2.37. The maximum Gasteiger partial charge on any atom is 0.295 e. The van der Waals surface area contributed by atoms with Crippen LogP contribution in [0.15, 0.2) is 48.0 Å². The SMILES string of the molecule is COc1ccc(C2/C(=C(/O)c3ccc(OCC(C)C)c(C)c3)C(=O)C(=O)N2C2CCCC2)cc1. The van der Waals surface area contributed by atoms with Crippen LogP contribution in [0.25, 0.3) is 5.76 Å². The summed E-state index contributed by atoms with van der Waals surface area (Å²) in [6.45, 7) is 6.66. The van der Waals surface area contributed by atoms with Crippen molar-refractivity contribution >= 4 is 17.4 Å². The third-order valence-electron chi connectivity index (χ3n) is 6.65. The van der Waals surface area contributed by atoms with E-state index in [0.29, 0.717) is 23.8 Å². The molecule has 1 unspecified atom stereocenters. The van der Waals surface area contributed by atoms with Crippen LogP contribution in [0.1, 0.15) is 62.3 Å². The standard InChI is InChI=1S/C28H33NO5/c1-17(2)16-34-23-14-11-20(15-18(23)3)26(30)24-25(19-9-12-22(33-4)13-10-19)29(28(32)27(24)31)21-7-5-6-8-21/h9-15,17,21,25,30H,5-8,16H2,1-4H3/b26-24-. The summed E-state index contributed by atoms with van der Waals surface area (Å²) in [5, 5.41) is 11.3. The van der Waals surface area contributed by atoms with Gasteiger partial charge in [-0.1, -0.05) is 38.8 Å². The number of ether oxygens (including phenoxy) is 2. The quantitative estimate of drug-likeness (QED) is 0.338. The van der Waals surface area contributed by atoms with Crippen LogP contribution >= 0.6 is 0 Å². The summed E-state index contributed by atoms with van der Waals surface area (Å²) < 4.78 is 11.1. The molecule has 1 atom stereocenters. The molecule has 1 aliphatic heterocycles. The van der Waals surface area contributed by atoms with E-state index in [2.05, 4.69) is 13.8 Å². The zero-order valence-electron chi connectivity index (χ0n) is 20.3. The third-order valence-corrected chi connectivity index (χ3v) is 6.65. The predicted octanol–water partition coefficient (Wildman–Crippen LogP) is 5.40. The van der Waals surface area contributed by atoms with Gasteiger partial charge >= 0.3 is 0 Å². The molecule has 1 N–H and O–H groups in total. The van der Waals surface area contributed by atoms with Crippen LogP contribution in [0.4, 0.5) is 0 Å². The van der Waals surface area contributed by atoms with Gasteiger partial charge in [0.05, 0.1) is 25.3 Å². The molecule has 1 heterocycles. The molecule has 34 heavy (non-hydrogen) atoms. The lowest BCUT2D eigenvalue weighted by Gasteiger charge is -2.30. The number of aliphatic hydroxyl groups excluding tert-OH is 1. The van der Waals surface area contributed by atoms with E-state index in [9.17, 15) is 14.7 Å². The molecule has 2 aliphatic rings. The number of benzene rings is 2. The molecule has 4 rings (SSSR count). The molecule has 0 bridgehead atoms. The van der Waals surface area contributed by atoms with Crippen molar-refractivity contribution in [2.45, 2.75) is 58.5 Å². The van der Waals surface area contributed by atoms with E-state index in [1.807, 2.05) is 37.3 Å². The second-order valence-electron chi connectivity index (χ2n) is 9.60. The Morgan fingerprint density at radius 2 is 1.76 bits per heavy atom. The maximum atomic E-state index is 13.3. The first-order chi connectivity index (χ1) is 16.3. The van der Waals surface area contributed by atoms with E-state index in [4.69, 9.17) is 9.47 Å². The molecule has 2 aromatic carbocycles. The van der Waals surface area contributed by atoms with Crippen molar-refractivity contribution in [3.05, 3.63) is 64.7 Å². The number of amides is 1. The molecule has 1 saturated carbocycles. The Hall–Kier alpha value is -3.28. The summed E-state index contributed by atoms with van der Waals surface area (Å²) in [5.74, 6) is 0.491. The van der Waals surface area contributed by atoms with Gasteiger partial charge in [-0.15, -0.1) is 0 Å². The number of aliphatic hydroxyl groups is 1. The van der Waals surface area contributed by atoms with Gasteiger partial charge in [0.15, 0.2) is 0 Å². The summed E-state index contributed by atoms with van der Waals surface area (Å²) in [6.07, 6.45) is 3.78. The van der Waals surface area contributed by atoms with Crippen molar-refractivity contribution in [3.8, 4) is 11.5 Å². The lowest BCUT2D eigenvalue weighted by molar-refractivity contribution is -0.141. The molecule has 2 aromatic rings. The van der Waals surface area contributed by atoms with E-state index in [1.54, 1.807) is 24.1 Å². The number of nitrogens with zero attached hydrogens (tertiary/aromatic N) is 1. The number of rotatable bonds is 7. The summed E-state index contributed by atoms with van der Waals surface area (Å²) in [5.41, 5.74) is 2.27. The molecule has 6 nitrogen and oxygen atoms in total. The molecule has 0 radical (unpaired) electrons. The van der Waals surface area contributed by atoms with E-state index in [1.165, 1.54) is 0 Å². The Kier molecular flexibility index (Phi) is 6.96. The van der Waals surface area contributed by atoms with Gasteiger partial charge in [-0.3, -0.25) is 9.59 Å². The number of Topliss-reactive ketones (excluding diaryl/α,β-unsaturated/α-hetero) is 1. The maximum absolute atomic E-state index is 13.3. The van der Waals surface area contributed by atoms with E-state index in [0.717, 1.165) is 42.6 Å². The third kappa shape index (κ3) is 4.54. The minimum Gasteiger partial charge on any atom is -0.507 e. The molecule has 1 saturated heterocycles. The van der Waals surface area contributed by atoms with Gasteiger partial charge in [0.1, 0.15) is 17.3 Å². The summed E-state index contributed by atoms with van der Waals surface area (Å²) >= 11 is 0. The largest absolute Gasteiger partial charge is 0.507 e. The topological polar surface area (TPSA) is 76.1 Å². The molecule has 1 amide bonds. The van der Waals surface area contributed by atoms with Crippen LogP contribution in [0.2, 0.25) is 0 Å². The highest BCUT2D eigenvalue weighted by molar-refractivity contribution is 6.46. The first kappa shape index (κ1) is 23.9. The van der Waals surface area contributed by atoms with Crippen LogP contribution in [0.5, 0.6) is 11.5 Å². The second kappa shape index (κ2) is 9.92. The van der Waals surface area contributed by atoms with Crippen LogP contribution in [0.3, 0.4) is 0 Å². The van der Waals surface area contributed by atoms with Crippen LogP contribution < -0.4 is 9.47 Å². The van der Waals surface area contributed by atoms with Gasteiger partial charge < -0.3 is 19.5 Å². The Balaban J connectivity index is 1.78. The monoisotopic (exact) mass is 463 g/mol. The highest BCUT2D eigenvalue weighted by Crippen LogP contribution is 2.44. The second-order valence-corrected chi connectivity index (χ2v) is 9.60. The number of methoxy groups -OCH3 is 1. The van der Waals surface area contributed by atoms with E-state index < -0.39 is 17.7 Å².